The molecule has 0 N–H and O–H groups in total. The van der Waals surface area contributed by atoms with Crippen molar-refractivity contribution in [2.24, 2.45) is 0 Å². The first-order valence-corrected chi connectivity index (χ1v) is 4.61. The molecule has 0 unspecified atom stereocenters. The van der Waals surface area contributed by atoms with Crippen LogP contribution in [-0.4, -0.2) is 9.91 Å². The summed E-state index contributed by atoms with van der Waals surface area (Å²) in [6.07, 6.45) is 0. The molecule has 0 spiro atoms. The number of hydrogen-bond donors (Lipinski definition) is 0. The van der Waals surface area contributed by atoms with E-state index >= 15 is 0 Å². The van der Waals surface area contributed by atoms with E-state index in [-0.39, 0.29) is 0 Å². The lowest BCUT2D eigenvalue weighted by Gasteiger charge is -1.93. The fourth-order valence-electron chi connectivity index (χ4n) is 1.24. The molecule has 0 aliphatic carbocycles. The van der Waals surface area contributed by atoms with E-state index in [2.05, 4.69) is 4.98 Å². The number of thiazole rings is 1. The molecular formula is C8H5FN2O2S. The third-order valence-electron chi connectivity index (χ3n) is 1.77. The minimum Gasteiger partial charge on any atom is -0.258 e. The molecule has 1 aromatic heterocycles. The maximum Gasteiger partial charge on any atom is 0.324 e. The number of aromatic nitrogens is 1. The third-order valence-corrected chi connectivity index (χ3v) is 2.77. The number of hydrogen-bond acceptors (Lipinski definition) is 4. The van der Waals surface area contributed by atoms with E-state index in [0.717, 1.165) is 17.4 Å². The SMILES string of the molecule is Cc1nc2ccc(F)c([N+](=O)[O-])c2s1. The number of nitro groups is 1. The standard InChI is InChI=1S/C8H5FN2O2S/c1-4-10-6-3-2-5(9)7(11(12)13)8(6)14-4/h2-3H,1H3. The average molecular weight is 212 g/mol. The van der Waals surface area contributed by atoms with Gasteiger partial charge in [0, 0.05) is 0 Å². The highest BCUT2D eigenvalue weighted by Crippen LogP contribution is 2.32. The summed E-state index contributed by atoms with van der Waals surface area (Å²) in [5, 5.41) is 11.3. The van der Waals surface area contributed by atoms with E-state index in [1.807, 2.05) is 0 Å². The molecule has 0 saturated carbocycles. The summed E-state index contributed by atoms with van der Waals surface area (Å²) in [7, 11) is 0. The molecule has 0 amide bonds. The Labute approximate surface area is 82.2 Å². The average Bonchev–Trinajstić information content (AvgIpc) is 2.43. The molecule has 0 fully saturated rings. The first-order valence-electron chi connectivity index (χ1n) is 3.79. The normalized spacial score (nSPS) is 10.7. The van der Waals surface area contributed by atoms with E-state index in [1.54, 1.807) is 6.92 Å². The summed E-state index contributed by atoms with van der Waals surface area (Å²) in [5.74, 6) is -0.814. The van der Waals surface area contributed by atoms with Gasteiger partial charge in [-0.15, -0.1) is 11.3 Å². The molecule has 1 heterocycles. The predicted octanol–water partition coefficient (Wildman–Crippen LogP) is 2.65. The van der Waals surface area contributed by atoms with Crippen molar-refractivity contribution in [3.63, 3.8) is 0 Å². The fourth-order valence-corrected chi connectivity index (χ4v) is 2.16. The van der Waals surface area contributed by atoms with Gasteiger partial charge in [0.15, 0.2) is 0 Å². The smallest absolute Gasteiger partial charge is 0.258 e. The Morgan fingerprint density at radius 1 is 1.57 bits per heavy atom. The van der Waals surface area contributed by atoms with Crippen LogP contribution in [-0.2, 0) is 0 Å². The topological polar surface area (TPSA) is 56.0 Å². The zero-order valence-corrected chi connectivity index (χ0v) is 7.97. The Hall–Kier alpha value is -1.56. The van der Waals surface area contributed by atoms with E-state index in [1.165, 1.54) is 6.07 Å². The van der Waals surface area contributed by atoms with Crippen LogP contribution in [0.2, 0.25) is 0 Å². The van der Waals surface area contributed by atoms with Crippen LogP contribution in [0.15, 0.2) is 12.1 Å². The number of nitrogens with zero attached hydrogens (tertiary/aromatic N) is 2. The Morgan fingerprint density at radius 3 is 2.93 bits per heavy atom. The minimum atomic E-state index is -0.814. The molecule has 0 bridgehead atoms. The van der Waals surface area contributed by atoms with Crippen molar-refractivity contribution in [3.8, 4) is 0 Å². The first-order chi connectivity index (χ1) is 6.59. The maximum atomic E-state index is 13.1. The largest absolute Gasteiger partial charge is 0.324 e. The van der Waals surface area contributed by atoms with Crippen molar-refractivity contribution in [3.05, 3.63) is 33.1 Å². The molecule has 0 saturated heterocycles. The van der Waals surface area contributed by atoms with E-state index < -0.39 is 16.4 Å². The summed E-state index contributed by atoms with van der Waals surface area (Å²) < 4.78 is 13.4. The fraction of sp³-hybridized carbons (Fsp3) is 0.125. The van der Waals surface area contributed by atoms with Gasteiger partial charge in [-0.2, -0.15) is 4.39 Å². The van der Waals surface area contributed by atoms with Gasteiger partial charge < -0.3 is 0 Å². The number of halogens is 1. The summed E-state index contributed by atoms with van der Waals surface area (Å²) >= 11 is 1.13. The summed E-state index contributed by atoms with van der Waals surface area (Å²) in [4.78, 5) is 13.9. The van der Waals surface area contributed by atoms with Gasteiger partial charge in [0.25, 0.3) is 0 Å². The van der Waals surface area contributed by atoms with Crippen LogP contribution in [0.3, 0.4) is 0 Å². The van der Waals surface area contributed by atoms with Crippen molar-refractivity contribution in [2.75, 3.05) is 0 Å². The number of benzene rings is 1. The summed E-state index contributed by atoms with van der Waals surface area (Å²) in [6, 6.07) is 2.51. The Kier molecular flexibility index (Phi) is 1.92. The number of aryl methyl sites for hydroxylation is 1. The van der Waals surface area contributed by atoms with Gasteiger partial charge in [0.1, 0.15) is 4.70 Å². The molecular weight excluding hydrogens is 207 g/mol. The number of rotatable bonds is 1. The van der Waals surface area contributed by atoms with Crippen LogP contribution in [0.1, 0.15) is 5.01 Å². The lowest BCUT2D eigenvalue weighted by atomic mass is 10.3. The van der Waals surface area contributed by atoms with Gasteiger partial charge >= 0.3 is 5.69 Å². The molecule has 72 valence electrons. The minimum absolute atomic E-state index is 0.299. The second kappa shape index (κ2) is 2.98. The molecule has 0 atom stereocenters. The van der Waals surface area contributed by atoms with Crippen molar-refractivity contribution in [2.45, 2.75) is 6.92 Å². The summed E-state index contributed by atoms with van der Waals surface area (Å²) in [5.41, 5.74) is -0.00583. The Bertz CT molecular complexity index is 523. The monoisotopic (exact) mass is 212 g/mol. The van der Waals surface area contributed by atoms with Crippen molar-refractivity contribution in [1.82, 2.24) is 4.98 Å². The second-order valence-corrected chi connectivity index (χ2v) is 3.94. The zero-order valence-electron chi connectivity index (χ0n) is 7.15. The Morgan fingerprint density at radius 2 is 2.29 bits per heavy atom. The third kappa shape index (κ3) is 1.24. The molecule has 2 aromatic rings. The highest BCUT2D eigenvalue weighted by atomic mass is 32.1. The maximum absolute atomic E-state index is 13.1. The molecule has 2 rings (SSSR count). The predicted molar refractivity (Wildman–Crippen MR) is 51.0 cm³/mol. The van der Waals surface area contributed by atoms with Crippen molar-refractivity contribution in [1.29, 1.82) is 0 Å². The zero-order chi connectivity index (χ0) is 10.3. The quantitative estimate of drug-likeness (QED) is 0.539. The van der Waals surface area contributed by atoms with Gasteiger partial charge in [-0.25, -0.2) is 4.98 Å². The first kappa shape index (κ1) is 9.01. The van der Waals surface area contributed by atoms with Crippen LogP contribution in [0, 0.1) is 22.9 Å². The van der Waals surface area contributed by atoms with Gasteiger partial charge in [0.2, 0.25) is 5.82 Å². The highest BCUT2D eigenvalue weighted by Gasteiger charge is 2.20. The lowest BCUT2D eigenvalue weighted by molar-refractivity contribution is -0.385. The Balaban J connectivity index is 2.88. The van der Waals surface area contributed by atoms with Crippen LogP contribution >= 0.6 is 11.3 Å². The van der Waals surface area contributed by atoms with E-state index in [0.29, 0.717) is 15.2 Å². The molecule has 4 nitrogen and oxygen atoms in total. The van der Waals surface area contributed by atoms with Gasteiger partial charge in [-0.05, 0) is 19.1 Å². The number of nitro benzene ring substituents is 1. The molecule has 1 aromatic carbocycles. The van der Waals surface area contributed by atoms with E-state index in [9.17, 15) is 14.5 Å². The van der Waals surface area contributed by atoms with Crippen molar-refractivity contribution >= 4 is 27.2 Å². The lowest BCUT2D eigenvalue weighted by Crippen LogP contribution is -1.91. The van der Waals surface area contributed by atoms with Crippen LogP contribution in [0.25, 0.3) is 10.2 Å². The van der Waals surface area contributed by atoms with Crippen LogP contribution in [0.5, 0.6) is 0 Å². The van der Waals surface area contributed by atoms with Crippen molar-refractivity contribution < 1.29 is 9.31 Å². The van der Waals surface area contributed by atoms with Gasteiger partial charge in [0.05, 0.1) is 15.4 Å². The molecule has 0 aliphatic heterocycles. The van der Waals surface area contributed by atoms with Crippen LogP contribution < -0.4 is 0 Å². The summed E-state index contributed by atoms with van der Waals surface area (Å²) in [6.45, 7) is 1.73. The van der Waals surface area contributed by atoms with Gasteiger partial charge in [-0.1, -0.05) is 0 Å². The van der Waals surface area contributed by atoms with Crippen LogP contribution in [0.4, 0.5) is 10.1 Å². The molecule has 6 heteroatoms. The molecule has 0 aliphatic rings. The number of fused-ring (bicyclic) bond motifs is 1. The molecule has 14 heavy (non-hydrogen) atoms. The molecule has 0 radical (unpaired) electrons. The van der Waals surface area contributed by atoms with Gasteiger partial charge in [-0.3, -0.25) is 10.1 Å². The second-order valence-electron chi connectivity index (χ2n) is 2.73. The highest BCUT2D eigenvalue weighted by molar-refractivity contribution is 7.19. The van der Waals surface area contributed by atoms with E-state index in [4.69, 9.17) is 0 Å².